The summed E-state index contributed by atoms with van der Waals surface area (Å²) in [5.74, 6) is 0. The standard InChI is InChI=1S/C4H12O2Si/c1-5-7(3,4)6-2/h1-4H3/i1T. The van der Waals surface area contributed by atoms with Crippen LogP contribution in [0.3, 0.4) is 0 Å². The van der Waals surface area contributed by atoms with Gasteiger partial charge in [-0.15, -0.1) is 0 Å². The maximum absolute atomic E-state index is 6.69. The first-order valence-corrected chi connectivity index (χ1v) is 4.92. The lowest BCUT2D eigenvalue weighted by atomic mass is 11.8. The van der Waals surface area contributed by atoms with Gasteiger partial charge in [-0.05, 0) is 13.1 Å². The first-order chi connectivity index (χ1) is 3.62. The van der Waals surface area contributed by atoms with E-state index in [-0.39, 0.29) is 7.09 Å². The highest BCUT2D eigenvalue weighted by molar-refractivity contribution is 6.64. The molecule has 0 bridgehead atoms. The summed E-state index contributed by atoms with van der Waals surface area (Å²) in [5.41, 5.74) is 0. The van der Waals surface area contributed by atoms with Crippen LogP contribution in [0, 0.1) is 0 Å². The van der Waals surface area contributed by atoms with Gasteiger partial charge in [0.15, 0.2) is 0 Å². The summed E-state index contributed by atoms with van der Waals surface area (Å²) in [4.78, 5) is 0. The van der Waals surface area contributed by atoms with Crippen LogP contribution in [-0.2, 0) is 8.85 Å². The smallest absolute Gasteiger partial charge is 0.331 e. The third-order valence-electron chi connectivity index (χ3n) is 0.839. The van der Waals surface area contributed by atoms with E-state index >= 15 is 0 Å². The average molecular weight is 122 g/mol. The quantitative estimate of drug-likeness (QED) is 0.508. The molecule has 0 saturated heterocycles. The predicted octanol–water partition coefficient (Wildman–Crippen LogP) is 0.981. The van der Waals surface area contributed by atoms with Crippen molar-refractivity contribution >= 4 is 8.56 Å². The molecule has 0 fully saturated rings. The van der Waals surface area contributed by atoms with Crippen LogP contribution < -0.4 is 0 Å². The van der Waals surface area contributed by atoms with Gasteiger partial charge in [0.25, 0.3) is 0 Å². The second-order valence-corrected chi connectivity index (χ2v) is 5.24. The van der Waals surface area contributed by atoms with E-state index in [2.05, 4.69) is 0 Å². The van der Waals surface area contributed by atoms with E-state index in [0.29, 0.717) is 0 Å². The molecule has 0 aliphatic carbocycles. The Hall–Kier alpha value is 0.137. The number of rotatable bonds is 2. The van der Waals surface area contributed by atoms with E-state index < -0.39 is 8.56 Å². The fourth-order valence-corrected chi connectivity index (χ4v) is 0.177. The van der Waals surface area contributed by atoms with Gasteiger partial charge in [0.1, 0.15) is 0 Å². The summed E-state index contributed by atoms with van der Waals surface area (Å²) >= 11 is 0. The van der Waals surface area contributed by atoms with E-state index in [1.54, 1.807) is 7.11 Å². The maximum atomic E-state index is 6.69. The molecule has 0 aromatic rings. The summed E-state index contributed by atoms with van der Waals surface area (Å²) in [6, 6.07) is 0. The Bertz CT molecular complexity index is 67.1. The third-order valence-corrected chi connectivity index (χ3v) is 2.52. The zero-order valence-corrected chi connectivity index (χ0v) is 6.02. The lowest BCUT2D eigenvalue weighted by Crippen LogP contribution is -2.31. The molecule has 0 rings (SSSR count). The molecule has 0 aliphatic rings. The van der Waals surface area contributed by atoms with Crippen LogP contribution in [-0.4, -0.2) is 22.8 Å². The lowest BCUT2D eigenvalue weighted by Gasteiger charge is -2.15. The van der Waals surface area contributed by atoms with Crippen molar-refractivity contribution in [1.82, 2.24) is 0 Å². The SMILES string of the molecule is [3H]CO[Si](C)(C)OC. The van der Waals surface area contributed by atoms with Crippen molar-refractivity contribution in [3.8, 4) is 0 Å². The first kappa shape index (κ1) is 5.28. The van der Waals surface area contributed by atoms with E-state index in [9.17, 15) is 0 Å². The molecule has 0 heterocycles. The van der Waals surface area contributed by atoms with Gasteiger partial charge in [0.05, 0.1) is 1.37 Å². The highest BCUT2D eigenvalue weighted by atomic mass is 28.4. The van der Waals surface area contributed by atoms with Gasteiger partial charge in [-0.3, -0.25) is 0 Å². The minimum Gasteiger partial charge on any atom is -0.398 e. The van der Waals surface area contributed by atoms with E-state index in [1.165, 1.54) is 0 Å². The molecule has 0 aromatic carbocycles. The molecule has 0 spiro atoms. The first-order valence-electron chi connectivity index (χ1n) is 2.81. The topological polar surface area (TPSA) is 18.5 Å². The average Bonchev–Trinajstić information content (AvgIpc) is 1.67. The van der Waals surface area contributed by atoms with Crippen molar-refractivity contribution < 1.29 is 10.2 Å². The summed E-state index contributed by atoms with van der Waals surface area (Å²) in [7, 11) is -0.245. The van der Waals surface area contributed by atoms with E-state index in [4.69, 9.17) is 10.2 Å². The lowest BCUT2D eigenvalue weighted by molar-refractivity contribution is 0.258. The van der Waals surface area contributed by atoms with Crippen molar-refractivity contribution in [2.24, 2.45) is 0 Å². The monoisotopic (exact) mass is 122 g/mol. The molecule has 0 amide bonds. The minimum atomic E-state index is -1.86. The molecule has 44 valence electrons. The number of hydrogen-bond donors (Lipinski definition) is 0. The van der Waals surface area contributed by atoms with Crippen LogP contribution in [0.15, 0.2) is 0 Å². The van der Waals surface area contributed by atoms with Crippen molar-refractivity contribution in [2.75, 3.05) is 14.2 Å². The molecule has 0 aromatic heterocycles. The second kappa shape index (κ2) is 2.45. The summed E-state index contributed by atoms with van der Waals surface area (Å²) in [6.45, 7) is 3.81. The zero-order chi connectivity index (χ0) is 6.62. The van der Waals surface area contributed by atoms with Crippen LogP contribution in [0.1, 0.15) is 1.37 Å². The van der Waals surface area contributed by atoms with Gasteiger partial charge in [-0.1, -0.05) is 0 Å². The molecule has 0 unspecified atom stereocenters. The highest BCUT2D eigenvalue weighted by Crippen LogP contribution is 1.99. The molecule has 7 heavy (non-hydrogen) atoms. The molecule has 0 radical (unpaired) electrons. The Labute approximate surface area is 47.1 Å². The summed E-state index contributed by atoms with van der Waals surface area (Å²) < 4.78 is 16.6. The molecule has 0 saturated carbocycles. The van der Waals surface area contributed by atoms with Gasteiger partial charge in [-0.2, -0.15) is 0 Å². The summed E-state index contributed by atoms with van der Waals surface area (Å²) in [5, 5.41) is 0. The Morgan fingerprint density at radius 3 is 2.14 bits per heavy atom. The molecule has 2 nitrogen and oxygen atoms in total. The minimum absolute atomic E-state index is 0.00701. The van der Waals surface area contributed by atoms with Crippen LogP contribution in [0.2, 0.25) is 13.1 Å². The Balaban J connectivity index is 3.37. The van der Waals surface area contributed by atoms with Crippen molar-refractivity contribution in [3.05, 3.63) is 0 Å². The van der Waals surface area contributed by atoms with Crippen LogP contribution >= 0.6 is 0 Å². The molecule has 3 heteroatoms. The Kier molecular flexibility index (Phi) is 1.84. The van der Waals surface area contributed by atoms with Crippen molar-refractivity contribution in [3.63, 3.8) is 0 Å². The third kappa shape index (κ3) is 2.79. The molecule has 0 atom stereocenters. The van der Waals surface area contributed by atoms with Gasteiger partial charge in [0.2, 0.25) is 0 Å². The molecule has 0 aliphatic heterocycles. The maximum Gasteiger partial charge on any atom is 0.331 e. The van der Waals surface area contributed by atoms with Gasteiger partial charge >= 0.3 is 8.56 Å². The van der Waals surface area contributed by atoms with Crippen LogP contribution in [0.25, 0.3) is 0 Å². The molecule has 0 N–H and O–H groups in total. The van der Waals surface area contributed by atoms with Gasteiger partial charge in [-0.25, -0.2) is 0 Å². The second-order valence-electron chi connectivity index (χ2n) is 1.75. The molecular formula is C4H12O2Si. The van der Waals surface area contributed by atoms with E-state index in [1.807, 2.05) is 13.1 Å². The van der Waals surface area contributed by atoms with Gasteiger partial charge < -0.3 is 8.85 Å². The van der Waals surface area contributed by atoms with Crippen molar-refractivity contribution in [2.45, 2.75) is 13.1 Å². The normalized spacial score (nSPS) is 13.9. The van der Waals surface area contributed by atoms with Gasteiger partial charge in [0, 0.05) is 14.2 Å². The fraction of sp³-hybridized carbons (Fsp3) is 1.00. The molecular weight excluding hydrogens is 108 g/mol. The Morgan fingerprint density at radius 1 is 1.43 bits per heavy atom. The number of hydrogen-bond acceptors (Lipinski definition) is 2. The van der Waals surface area contributed by atoms with E-state index in [0.717, 1.165) is 0 Å². The van der Waals surface area contributed by atoms with Crippen LogP contribution in [0.5, 0.6) is 0 Å². The van der Waals surface area contributed by atoms with Crippen molar-refractivity contribution in [1.29, 1.82) is 0 Å². The Morgan fingerprint density at radius 2 is 2.00 bits per heavy atom. The zero-order valence-electron chi connectivity index (χ0n) is 6.02. The van der Waals surface area contributed by atoms with Crippen LogP contribution in [0.4, 0.5) is 0 Å². The highest BCUT2D eigenvalue weighted by Gasteiger charge is 2.19. The fourth-order valence-electron chi connectivity index (χ4n) is 0.0589. The largest absolute Gasteiger partial charge is 0.398 e. The summed E-state index contributed by atoms with van der Waals surface area (Å²) in [6.07, 6.45) is 0. The predicted molar refractivity (Wildman–Crippen MR) is 31.5 cm³/mol.